The lowest BCUT2D eigenvalue weighted by atomic mass is 10.1. The van der Waals surface area contributed by atoms with Crippen LogP contribution < -0.4 is 0 Å². The number of hydrogen-bond acceptors (Lipinski definition) is 4. The molecule has 0 aromatic rings. The van der Waals surface area contributed by atoms with Crippen molar-refractivity contribution in [1.29, 1.82) is 0 Å². The molecule has 0 heterocycles. The van der Waals surface area contributed by atoms with Crippen LogP contribution in [0.25, 0.3) is 0 Å². The van der Waals surface area contributed by atoms with Gasteiger partial charge in [-0.2, -0.15) is 0 Å². The number of unbranched alkanes of at least 4 members (excludes halogenated alkanes) is 1. The highest BCUT2D eigenvalue weighted by Crippen LogP contribution is 2.03. The van der Waals surface area contributed by atoms with Crippen molar-refractivity contribution in [3.05, 3.63) is 0 Å². The van der Waals surface area contributed by atoms with Crippen LogP contribution in [0.5, 0.6) is 0 Å². The number of aliphatic hydroxyl groups is 3. The molecule has 2 atom stereocenters. The van der Waals surface area contributed by atoms with Gasteiger partial charge in [0.2, 0.25) is 0 Å². The second-order valence-corrected chi connectivity index (χ2v) is 3.43. The van der Waals surface area contributed by atoms with Gasteiger partial charge in [-0.3, -0.25) is 0 Å². The second-order valence-electron chi connectivity index (χ2n) is 3.43. The summed E-state index contributed by atoms with van der Waals surface area (Å²) < 4.78 is 5.16. The van der Waals surface area contributed by atoms with Crippen molar-refractivity contribution in [1.82, 2.24) is 0 Å². The number of hydrogen-bond donors (Lipinski definition) is 3. The Kier molecular flexibility index (Phi) is 9.29. The largest absolute Gasteiger partial charge is 0.396 e. The number of aliphatic hydroxyl groups excluding tert-OH is 3. The average Bonchev–Trinajstić information content (AvgIpc) is 2.20. The Balaban J connectivity index is 3.36. The van der Waals surface area contributed by atoms with Gasteiger partial charge in [0.15, 0.2) is 0 Å². The first-order valence-corrected chi connectivity index (χ1v) is 5.27. The normalized spacial score (nSPS) is 15.4. The maximum atomic E-state index is 9.39. The second kappa shape index (κ2) is 9.40. The van der Waals surface area contributed by atoms with E-state index < -0.39 is 12.2 Å². The monoisotopic (exact) mass is 206 g/mol. The first-order chi connectivity index (χ1) is 6.72. The first-order valence-electron chi connectivity index (χ1n) is 5.27. The van der Waals surface area contributed by atoms with Crippen molar-refractivity contribution < 1.29 is 20.1 Å². The quantitative estimate of drug-likeness (QED) is 0.474. The summed E-state index contributed by atoms with van der Waals surface area (Å²) >= 11 is 0. The molecule has 4 heteroatoms. The smallest absolute Gasteiger partial charge is 0.103 e. The third-order valence-corrected chi connectivity index (χ3v) is 2.03. The minimum absolute atomic E-state index is 0.0421. The maximum Gasteiger partial charge on any atom is 0.103 e. The average molecular weight is 206 g/mol. The Labute approximate surface area is 85.5 Å². The van der Waals surface area contributed by atoms with Crippen LogP contribution in [0.4, 0.5) is 0 Å². The van der Waals surface area contributed by atoms with Gasteiger partial charge in [-0.25, -0.2) is 0 Å². The molecule has 0 fully saturated rings. The molecule has 0 aliphatic heterocycles. The van der Waals surface area contributed by atoms with Crippen molar-refractivity contribution in [2.24, 2.45) is 0 Å². The zero-order valence-corrected chi connectivity index (χ0v) is 8.85. The Hall–Kier alpha value is -0.160. The van der Waals surface area contributed by atoms with Gasteiger partial charge < -0.3 is 20.1 Å². The van der Waals surface area contributed by atoms with E-state index in [0.717, 1.165) is 12.8 Å². The SMILES string of the molecule is CCCCOCC(O)C(O)CCCO. The molecule has 0 radical (unpaired) electrons. The van der Waals surface area contributed by atoms with E-state index in [1.807, 2.05) is 0 Å². The van der Waals surface area contributed by atoms with Crippen LogP contribution in [-0.2, 0) is 4.74 Å². The van der Waals surface area contributed by atoms with Gasteiger partial charge >= 0.3 is 0 Å². The number of rotatable bonds is 9. The first kappa shape index (κ1) is 13.8. The van der Waals surface area contributed by atoms with Crippen LogP contribution in [0, 0.1) is 0 Å². The highest BCUT2D eigenvalue weighted by molar-refractivity contribution is 4.66. The Morgan fingerprint density at radius 1 is 1.14 bits per heavy atom. The van der Waals surface area contributed by atoms with Gasteiger partial charge in [0.25, 0.3) is 0 Å². The Morgan fingerprint density at radius 3 is 2.43 bits per heavy atom. The van der Waals surface area contributed by atoms with Crippen molar-refractivity contribution >= 4 is 0 Å². The van der Waals surface area contributed by atoms with Gasteiger partial charge in [0, 0.05) is 13.2 Å². The molecule has 0 saturated carbocycles. The molecule has 4 nitrogen and oxygen atoms in total. The highest BCUT2D eigenvalue weighted by atomic mass is 16.5. The molecule has 14 heavy (non-hydrogen) atoms. The van der Waals surface area contributed by atoms with Crippen LogP contribution in [0.15, 0.2) is 0 Å². The van der Waals surface area contributed by atoms with E-state index in [-0.39, 0.29) is 13.2 Å². The van der Waals surface area contributed by atoms with Gasteiger partial charge in [-0.15, -0.1) is 0 Å². The van der Waals surface area contributed by atoms with Crippen molar-refractivity contribution in [3.8, 4) is 0 Å². The topological polar surface area (TPSA) is 69.9 Å². The predicted molar refractivity (Wildman–Crippen MR) is 54.1 cm³/mol. The molecule has 0 aliphatic carbocycles. The fraction of sp³-hybridized carbons (Fsp3) is 1.00. The molecule has 86 valence electrons. The molecule has 0 saturated heterocycles. The third-order valence-electron chi connectivity index (χ3n) is 2.03. The van der Waals surface area contributed by atoms with Gasteiger partial charge in [0.1, 0.15) is 6.10 Å². The fourth-order valence-electron chi connectivity index (χ4n) is 1.05. The molecule has 0 bridgehead atoms. The summed E-state index contributed by atoms with van der Waals surface area (Å²) in [5.74, 6) is 0. The summed E-state index contributed by atoms with van der Waals surface area (Å²) in [6.45, 7) is 2.91. The molecule has 2 unspecified atom stereocenters. The zero-order valence-electron chi connectivity index (χ0n) is 8.85. The molecule has 0 aliphatic rings. The molecule has 0 aromatic heterocycles. The molecule has 0 aromatic carbocycles. The van der Waals surface area contributed by atoms with Crippen LogP contribution in [-0.4, -0.2) is 47.3 Å². The fourth-order valence-corrected chi connectivity index (χ4v) is 1.05. The summed E-state index contributed by atoms with van der Waals surface area (Å²) in [6, 6.07) is 0. The minimum atomic E-state index is -0.835. The zero-order chi connectivity index (χ0) is 10.8. The summed E-state index contributed by atoms with van der Waals surface area (Å²) in [5, 5.41) is 27.3. The van der Waals surface area contributed by atoms with Crippen LogP contribution in [0.2, 0.25) is 0 Å². The van der Waals surface area contributed by atoms with Crippen LogP contribution in [0.1, 0.15) is 32.6 Å². The van der Waals surface area contributed by atoms with E-state index in [1.165, 1.54) is 0 Å². The lowest BCUT2D eigenvalue weighted by Crippen LogP contribution is -2.30. The Bertz CT molecular complexity index is 119. The van der Waals surface area contributed by atoms with Gasteiger partial charge in [0.05, 0.1) is 12.7 Å². The lowest BCUT2D eigenvalue weighted by molar-refractivity contribution is -0.0426. The summed E-state index contributed by atoms with van der Waals surface area (Å²) in [5.41, 5.74) is 0. The van der Waals surface area contributed by atoms with Gasteiger partial charge in [-0.1, -0.05) is 13.3 Å². The Morgan fingerprint density at radius 2 is 1.86 bits per heavy atom. The molecule has 0 rings (SSSR count). The lowest BCUT2D eigenvalue weighted by Gasteiger charge is -2.17. The van der Waals surface area contributed by atoms with E-state index in [2.05, 4.69) is 6.92 Å². The standard InChI is InChI=1S/C10H22O4/c1-2-3-7-14-8-10(13)9(12)5-4-6-11/h9-13H,2-8H2,1H3. The summed E-state index contributed by atoms with van der Waals surface area (Å²) in [7, 11) is 0. The molecule has 3 N–H and O–H groups in total. The van der Waals surface area contributed by atoms with Crippen molar-refractivity contribution in [2.45, 2.75) is 44.8 Å². The molecular formula is C10H22O4. The van der Waals surface area contributed by atoms with E-state index in [1.54, 1.807) is 0 Å². The maximum absolute atomic E-state index is 9.39. The molecule has 0 amide bonds. The molecular weight excluding hydrogens is 184 g/mol. The van der Waals surface area contributed by atoms with E-state index in [9.17, 15) is 10.2 Å². The van der Waals surface area contributed by atoms with Crippen LogP contribution >= 0.6 is 0 Å². The third kappa shape index (κ3) is 7.26. The van der Waals surface area contributed by atoms with E-state index in [4.69, 9.17) is 9.84 Å². The predicted octanol–water partition coefficient (Wildman–Crippen LogP) is 0.297. The number of ether oxygens (including phenoxy) is 1. The van der Waals surface area contributed by atoms with E-state index >= 15 is 0 Å². The highest BCUT2D eigenvalue weighted by Gasteiger charge is 2.15. The van der Waals surface area contributed by atoms with Crippen LogP contribution in [0.3, 0.4) is 0 Å². The van der Waals surface area contributed by atoms with Crippen molar-refractivity contribution in [2.75, 3.05) is 19.8 Å². The van der Waals surface area contributed by atoms with E-state index in [0.29, 0.717) is 19.4 Å². The summed E-state index contributed by atoms with van der Waals surface area (Å²) in [4.78, 5) is 0. The summed E-state index contributed by atoms with van der Waals surface area (Å²) in [6.07, 6.45) is 1.33. The van der Waals surface area contributed by atoms with Crippen molar-refractivity contribution in [3.63, 3.8) is 0 Å². The van der Waals surface area contributed by atoms with Gasteiger partial charge in [-0.05, 0) is 19.3 Å². The minimum Gasteiger partial charge on any atom is -0.396 e. The molecule has 0 spiro atoms.